The third kappa shape index (κ3) is 4.58. The second-order valence-corrected chi connectivity index (χ2v) is 7.97. The number of halogens is 2. The van der Waals surface area contributed by atoms with Gasteiger partial charge in [0.15, 0.2) is 10.9 Å². The van der Waals surface area contributed by atoms with Gasteiger partial charge in [0.1, 0.15) is 12.4 Å². The minimum Gasteiger partial charge on any atom is -0.488 e. The van der Waals surface area contributed by atoms with Gasteiger partial charge in [-0.25, -0.2) is 0 Å². The number of thiocarbonyl (C=S) groups is 1. The van der Waals surface area contributed by atoms with Crippen LogP contribution in [0.15, 0.2) is 53.7 Å². The summed E-state index contributed by atoms with van der Waals surface area (Å²) in [7, 11) is 0. The van der Waals surface area contributed by atoms with Crippen molar-refractivity contribution in [2.45, 2.75) is 33.4 Å². The number of ketones is 1. The molecule has 0 fully saturated rings. The monoisotopic (exact) mass is 448 g/mol. The van der Waals surface area contributed by atoms with Gasteiger partial charge in [0, 0.05) is 39.0 Å². The number of hydrogen-bond donors (Lipinski definition) is 1. The van der Waals surface area contributed by atoms with Gasteiger partial charge in [-0.2, -0.15) is 0 Å². The second kappa shape index (κ2) is 9.16. The Morgan fingerprint density at radius 3 is 2.62 bits per heavy atom. The lowest BCUT2D eigenvalue weighted by atomic mass is 9.92. The summed E-state index contributed by atoms with van der Waals surface area (Å²) in [4.78, 5) is 14.4. The van der Waals surface area contributed by atoms with Gasteiger partial charge in [0.2, 0.25) is 0 Å². The van der Waals surface area contributed by atoms with Crippen LogP contribution in [0.3, 0.4) is 0 Å². The largest absolute Gasteiger partial charge is 0.488 e. The molecule has 7 heteroatoms. The van der Waals surface area contributed by atoms with Gasteiger partial charge in [0.25, 0.3) is 0 Å². The molecule has 0 aromatic heterocycles. The number of carbonyl (C=O) groups excluding carboxylic acids is 1. The molecule has 3 rings (SSSR count). The molecule has 0 aliphatic carbocycles. The van der Waals surface area contributed by atoms with Gasteiger partial charge >= 0.3 is 0 Å². The Kier molecular flexibility index (Phi) is 6.83. The van der Waals surface area contributed by atoms with Crippen LogP contribution in [0, 0.1) is 0 Å². The summed E-state index contributed by atoms with van der Waals surface area (Å²) in [6, 6.07) is 12.6. The van der Waals surface area contributed by atoms with E-state index in [1.165, 1.54) is 0 Å². The maximum absolute atomic E-state index is 12.5. The fourth-order valence-corrected chi connectivity index (χ4v) is 4.34. The van der Waals surface area contributed by atoms with E-state index in [9.17, 15) is 4.79 Å². The predicted octanol–water partition coefficient (Wildman–Crippen LogP) is 5.69. The lowest BCUT2D eigenvalue weighted by Crippen LogP contribution is -2.47. The van der Waals surface area contributed by atoms with Crippen LogP contribution in [0.2, 0.25) is 10.0 Å². The molecule has 29 heavy (non-hydrogen) atoms. The summed E-state index contributed by atoms with van der Waals surface area (Å²) in [6.45, 7) is 6.48. The van der Waals surface area contributed by atoms with Gasteiger partial charge in [0.05, 0.1) is 6.04 Å². The summed E-state index contributed by atoms with van der Waals surface area (Å²) in [5.41, 5.74) is 3.22. The molecule has 1 heterocycles. The minimum atomic E-state index is -0.375. The molecule has 0 amide bonds. The Balaban J connectivity index is 1.96. The predicted molar refractivity (Wildman–Crippen MR) is 121 cm³/mol. The number of carbonyl (C=O) groups is 1. The lowest BCUT2D eigenvalue weighted by molar-refractivity contribution is -0.114. The van der Waals surface area contributed by atoms with Gasteiger partial charge in [-0.05, 0) is 51.2 Å². The van der Waals surface area contributed by atoms with Crippen molar-refractivity contribution in [2.24, 2.45) is 0 Å². The number of ether oxygens (including phenoxy) is 1. The van der Waals surface area contributed by atoms with Crippen molar-refractivity contribution in [3.63, 3.8) is 0 Å². The van der Waals surface area contributed by atoms with Crippen LogP contribution in [-0.4, -0.2) is 22.3 Å². The van der Waals surface area contributed by atoms with Gasteiger partial charge in [-0.15, -0.1) is 0 Å². The third-order valence-electron chi connectivity index (χ3n) is 4.92. The number of para-hydroxylation sites is 1. The van der Waals surface area contributed by atoms with E-state index in [0.717, 1.165) is 16.8 Å². The summed E-state index contributed by atoms with van der Waals surface area (Å²) in [5, 5.41) is 5.02. The van der Waals surface area contributed by atoms with Crippen LogP contribution in [0.4, 0.5) is 0 Å². The zero-order valence-electron chi connectivity index (χ0n) is 16.5. The van der Waals surface area contributed by atoms with Gasteiger partial charge < -0.3 is 15.0 Å². The summed E-state index contributed by atoms with van der Waals surface area (Å²) in [5.74, 6) is 0.659. The lowest BCUT2D eigenvalue weighted by Gasteiger charge is -2.37. The van der Waals surface area contributed by atoms with Crippen LogP contribution < -0.4 is 10.1 Å². The SMILES string of the molecule is CCN1C(=S)NC(c2ccccc2OCc2ccc(Cl)cc2Cl)C(C(C)=O)=C1C. The van der Waals surface area contributed by atoms with E-state index in [2.05, 4.69) is 5.32 Å². The van der Waals surface area contributed by atoms with Crippen molar-refractivity contribution in [2.75, 3.05) is 6.54 Å². The van der Waals surface area contributed by atoms with E-state index in [0.29, 0.717) is 33.0 Å². The van der Waals surface area contributed by atoms with E-state index < -0.39 is 0 Å². The number of allylic oxidation sites excluding steroid dienone is 1. The first-order chi connectivity index (χ1) is 13.8. The van der Waals surface area contributed by atoms with E-state index in [-0.39, 0.29) is 18.4 Å². The third-order valence-corrected chi connectivity index (χ3v) is 5.85. The molecule has 0 saturated heterocycles. The van der Waals surface area contributed by atoms with E-state index in [4.69, 9.17) is 40.2 Å². The molecule has 1 atom stereocenters. The molecule has 2 aromatic rings. The van der Waals surface area contributed by atoms with Crippen molar-refractivity contribution in [1.29, 1.82) is 0 Å². The normalized spacial score (nSPS) is 16.7. The van der Waals surface area contributed by atoms with Crippen molar-refractivity contribution < 1.29 is 9.53 Å². The molecule has 0 bridgehead atoms. The molecule has 1 aliphatic heterocycles. The fraction of sp³-hybridized carbons (Fsp3) is 0.273. The molecule has 1 aliphatic rings. The molecule has 0 radical (unpaired) electrons. The standard InChI is InChI=1S/C22H22Cl2N2O2S/c1-4-26-13(2)20(14(3)27)21(25-22(26)29)17-7-5-6-8-19(17)28-12-15-9-10-16(23)11-18(15)24/h5-11,21H,4,12H2,1-3H3,(H,25,29). The zero-order chi connectivity index (χ0) is 21.1. The molecule has 2 aromatic carbocycles. The minimum absolute atomic E-state index is 0.00324. The molecule has 4 nitrogen and oxygen atoms in total. The second-order valence-electron chi connectivity index (χ2n) is 6.74. The molecule has 1 N–H and O–H groups in total. The molecule has 1 unspecified atom stereocenters. The summed E-state index contributed by atoms with van der Waals surface area (Å²) >= 11 is 17.8. The molecule has 0 saturated carbocycles. The Morgan fingerprint density at radius 1 is 1.24 bits per heavy atom. The van der Waals surface area contributed by atoms with Gasteiger partial charge in [-0.1, -0.05) is 47.5 Å². The number of nitrogens with zero attached hydrogens (tertiary/aromatic N) is 1. The highest BCUT2D eigenvalue weighted by Crippen LogP contribution is 2.36. The molecular weight excluding hydrogens is 427 g/mol. The number of hydrogen-bond acceptors (Lipinski definition) is 3. The zero-order valence-corrected chi connectivity index (χ0v) is 18.8. The van der Waals surface area contributed by atoms with Crippen LogP contribution in [0.5, 0.6) is 5.75 Å². The van der Waals surface area contributed by atoms with Crippen LogP contribution in [0.1, 0.15) is 37.9 Å². The first-order valence-electron chi connectivity index (χ1n) is 9.28. The first kappa shape index (κ1) is 21.6. The summed E-state index contributed by atoms with van der Waals surface area (Å²) in [6.07, 6.45) is 0. The van der Waals surface area contributed by atoms with Crippen molar-refractivity contribution >= 4 is 46.3 Å². The Morgan fingerprint density at radius 2 is 1.97 bits per heavy atom. The maximum atomic E-state index is 12.5. The summed E-state index contributed by atoms with van der Waals surface area (Å²) < 4.78 is 6.09. The average Bonchev–Trinajstić information content (AvgIpc) is 2.67. The smallest absolute Gasteiger partial charge is 0.173 e. The number of rotatable bonds is 6. The average molecular weight is 449 g/mol. The number of nitrogens with one attached hydrogen (secondary N) is 1. The van der Waals surface area contributed by atoms with Crippen LogP contribution in [-0.2, 0) is 11.4 Å². The van der Waals surface area contributed by atoms with E-state index in [1.807, 2.05) is 49.1 Å². The molecule has 0 spiro atoms. The highest BCUT2D eigenvalue weighted by molar-refractivity contribution is 7.80. The molecule has 152 valence electrons. The Bertz CT molecular complexity index is 991. The Labute approximate surface area is 186 Å². The fourth-order valence-electron chi connectivity index (χ4n) is 3.50. The van der Waals surface area contributed by atoms with Crippen LogP contribution in [0.25, 0.3) is 0 Å². The van der Waals surface area contributed by atoms with Gasteiger partial charge in [-0.3, -0.25) is 4.79 Å². The van der Waals surface area contributed by atoms with E-state index in [1.54, 1.807) is 19.1 Å². The number of Topliss-reactive ketones (excluding diaryl/α,β-unsaturated/α-hetero) is 1. The van der Waals surface area contributed by atoms with Crippen molar-refractivity contribution in [3.05, 3.63) is 74.9 Å². The topological polar surface area (TPSA) is 41.6 Å². The maximum Gasteiger partial charge on any atom is 0.173 e. The van der Waals surface area contributed by atoms with Crippen LogP contribution >= 0.6 is 35.4 Å². The number of benzene rings is 2. The molecular formula is C22H22Cl2N2O2S. The van der Waals surface area contributed by atoms with E-state index >= 15 is 0 Å². The Hall–Kier alpha value is -2.08. The van der Waals surface area contributed by atoms with Crippen molar-refractivity contribution in [1.82, 2.24) is 10.2 Å². The highest BCUT2D eigenvalue weighted by Gasteiger charge is 2.33. The van der Waals surface area contributed by atoms with Crippen molar-refractivity contribution in [3.8, 4) is 5.75 Å². The quantitative estimate of drug-likeness (QED) is 0.575. The first-order valence-corrected chi connectivity index (χ1v) is 10.4. The highest BCUT2D eigenvalue weighted by atomic mass is 35.5.